The van der Waals surface area contributed by atoms with Gasteiger partial charge < -0.3 is 24.3 Å². The van der Waals surface area contributed by atoms with Gasteiger partial charge in [-0.25, -0.2) is 0 Å². The third-order valence-electron chi connectivity index (χ3n) is 9.23. The number of halogens is 1. The monoisotopic (exact) mass is 713 g/mol. The SMILES string of the molecule is CCOc1cc(COc2c(Br)cc(C3C4=C(CC(C)(C)CC4=O)NC4=C3C(=O)CC(C)(C)C4)cc2OC)ccc1OCc1ccccc1. The molecule has 0 atom stereocenters. The number of hydrogen-bond donors (Lipinski definition) is 1. The zero-order valence-corrected chi connectivity index (χ0v) is 30.2. The van der Waals surface area contributed by atoms with Crippen LogP contribution in [0.5, 0.6) is 23.0 Å². The van der Waals surface area contributed by atoms with Crippen molar-refractivity contribution in [2.75, 3.05) is 13.7 Å². The van der Waals surface area contributed by atoms with Gasteiger partial charge in [-0.15, -0.1) is 0 Å². The lowest BCUT2D eigenvalue weighted by molar-refractivity contribution is -0.119. The van der Waals surface area contributed by atoms with Crippen LogP contribution in [0.1, 0.15) is 82.9 Å². The Bertz CT molecular complexity index is 1750. The quantitative estimate of drug-likeness (QED) is 0.225. The maximum Gasteiger partial charge on any atom is 0.175 e. The molecule has 8 heteroatoms. The molecule has 0 radical (unpaired) electrons. The van der Waals surface area contributed by atoms with Crippen LogP contribution >= 0.6 is 15.9 Å². The number of hydrogen-bond acceptors (Lipinski definition) is 7. The predicted octanol–water partition coefficient (Wildman–Crippen LogP) is 8.99. The molecule has 48 heavy (non-hydrogen) atoms. The third-order valence-corrected chi connectivity index (χ3v) is 9.82. The molecule has 2 aliphatic carbocycles. The van der Waals surface area contributed by atoms with E-state index in [4.69, 9.17) is 18.9 Å². The zero-order valence-electron chi connectivity index (χ0n) is 28.6. The van der Waals surface area contributed by atoms with E-state index in [2.05, 4.69) is 48.9 Å². The number of rotatable bonds is 10. The Morgan fingerprint density at radius 1 is 0.729 bits per heavy atom. The first-order chi connectivity index (χ1) is 22.9. The summed E-state index contributed by atoms with van der Waals surface area (Å²) in [6, 6.07) is 19.7. The van der Waals surface area contributed by atoms with Gasteiger partial charge in [0, 0.05) is 41.3 Å². The maximum atomic E-state index is 13.8. The zero-order chi connectivity index (χ0) is 34.2. The predicted molar refractivity (Wildman–Crippen MR) is 189 cm³/mol. The van der Waals surface area contributed by atoms with Gasteiger partial charge in [0.2, 0.25) is 0 Å². The molecule has 0 unspecified atom stereocenters. The van der Waals surface area contributed by atoms with Crippen molar-refractivity contribution in [3.05, 3.63) is 104 Å². The molecule has 1 aliphatic heterocycles. The summed E-state index contributed by atoms with van der Waals surface area (Å²) in [7, 11) is 1.60. The van der Waals surface area contributed by atoms with Crippen molar-refractivity contribution in [2.24, 2.45) is 10.8 Å². The molecule has 0 saturated heterocycles. The van der Waals surface area contributed by atoms with Crippen molar-refractivity contribution in [1.82, 2.24) is 5.32 Å². The molecule has 1 N–H and O–H groups in total. The highest BCUT2D eigenvalue weighted by Gasteiger charge is 2.46. The molecule has 7 nitrogen and oxygen atoms in total. The average molecular weight is 715 g/mol. The summed E-state index contributed by atoms with van der Waals surface area (Å²) in [6.07, 6.45) is 2.36. The fourth-order valence-electron chi connectivity index (χ4n) is 7.19. The third kappa shape index (κ3) is 7.05. The smallest absolute Gasteiger partial charge is 0.175 e. The van der Waals surface area contributed by atoms with Crippen LogP contribution < -0.4 is 24.3 Å². The number of nitrogens with one attached hydrogen (secondary N) is 1. The van der Waals surface area contributed by atoms with Crippen LogP contribution in [-0.2, 0) is 22.8 Å². The van der Waals surface area contributed by atoms with Crippen LogP contribution in [0.15, 0.2) is 87.7 Å². The lowest BCUT2D eigenvalue weighted by Crippen LogP contribution is -2.42. The molecule has 0 aromatic heterocycles. The summed E-state index contributed by atoms with van der Waals surface area (Å²) in [5.74, 6) is 2.06. The first-order valence-corrected chi connectivity index (χ1v) is 17.4. The summed E-state index contributed by atoms with van der Waals surface area (Å²) in [4.78, 5) is 27.6. The van der Waals surface area contributed by atoms with E-state index in [-0.39, 0.29) is 29.0 Å². The summed E-state index contributed by atoms with van der Waals surface area (Å²) < 4.78 is 24.9. The van der Waals surface area contributed by atoms with Crippen molar-refractivity contribution < 1.29 is 28.5 Å². The Morgan fingerprint density at radius 2 is 1.35 bits per heavy atom. The fourth-order valence-corrected chi connectivity index (χ4v) is 7.76. The summed E-state index contributed by atoms with van der Waals surface area (Å²) in [5.41, 5.74) is 5.73. The van der Waals surface area contributed by atoms with E-state index in [0.29, 0.717) is 64.7 Å². The van der Waals surface area contributed by atoms with Crippen molar-refractivity contribution in [1.29, 1.82) is 0 Å². The topological polar surface area (TPSA) is 83.1 Å². The number of ether oxygens (including phenoxy) is 4. The van der Waals surface area contributed by atoms with Crippen LogP contribution in [0.25, 0.3) is 0 Å². The van der Waals surface area contributed by atoms with Crippen LogP contribution in [0.4, 0.5) is 0 Å². The van der Waals surface area contributed by atoms with E-state index < -0.39 is 5.92 Å². The maximum absolute atomic E-state index is 13.8. The molecule has 1 heterocycles. The molecule has 0 bridgehead atoms. The highest BCUT2D eigenvalue weighted by molar-refractivity contribution is 9.10. The van der Waals surface area contributed by atoms with Gasteiger partial charge in [0.1, 0.15) is 13.2 Å². The Balaban J connectivity index is 1.30. The standard InChI is InChI=1S/C40H44BrNO6/c1-7-46-33-15-25(13-14-32(33)47-22-24-11-9-8-10-12-24)23-48-38-27(41)16-26(17-34(38)45-6)35-36-28(18-39(2,3)20-30(36)43)42-29-19-40(4,5)21-31(44)37(29)35/h8-17,35,42H,7,18-23H2,1-6H3. The average Bonchev–Trinajstić information content (AvgIpc) is 3.02. The second-order valence-corrected chi connectivity index (χ2v) is 15.4. The summed E-state index contributed by atoms with van der Waals surface area (Å²) in [6.45, 7) is 11.6. The summed E-state index contributed by atoms with van der Waals surface area (Å²) in [5, 5.41) is 3.59. The van der Waals surface area contributed by atoms with Gasteiger partial charge in [-0.3, -0.25) is 9.59 Å². The van der Waals surface area contributed by atoms with Crippen molar-refractivity contribution in [3.63, 3.8) is 0 Å². The number of Topliss-reactive ketones (excluding diaryl/α,β-unsaturated/α-hetero) is 2. The van der Waals surface area contributed by atoms with Gasteiger partial charge >= 0.3 is 0 Å². The molecular formula is C40H44BrNO6. The van der Waals surface area contributed by atoms with E-state index in [1.165, 1.54) is 0 Å². The molecule has 252 valence electrons. The Hall–Kier alpha value is -4.04. The highest BCUT2D eigenvalue weighted by atomic mass is 79.9. The second kappa shape index (κ2) is 13.5. The first kappa shape index (κ1) is 33.8. The molecule has 3 aliphatic rings. The number of dihydropyridines is 1. The second-order valence-electron chi connectivity index (χ2n) is 14.5. The van der Waals surface area contributed by atoms with Crippen molar-refractivity contribution in [3.8, 4) is 23.0 Å². The molecule has 0 fully saturated rings. The lowest BCUT2D eigenvalue weighted by Gasteiger charge is -2.44. The van der Waals surface area contributed by atoms with Crippen molar-refractivity contribution in [2.45, 2.75) is 79.4 Å². The normalized spacial score (nSPS) is 18.6. The van der Waals surface area contributed by atoms with Crippen LogP contribution in [-0.4, -0.2) is 25.3 Å². The Kier molecular flexibility index (Phi) is 9.49. The van der Waals surface area contributed by atoms with E-state index in [1.807, 2.05) is 67.6 Å². The molecule has 0 spiro atoms. The van der Waals surface area contributed by atoms with Crippen molar-refractivity contribution >= 4 is 27.5 Å². The number of methoxy groups -OCH3 is 1. The Morgan fingerprint density at radius 3 is 1.96 bits per heavy atom. The van der Waals surface area contributed by atoms with E-state index >= 15 is 0 Å². The number of carbonyl (C=O) groups excluding carboxylic acids is 2. The molecule has 3 aromatic rings. The Labute approximate surface area is 291 Å². The number of ketones is 2. The minimum atomic E-state index is -0.472. The van der Waals surface area contributed by atoms with Crippen LogP contribution in [0, 0.1) is 10.8 Å². The van der Waals surface area contributed by atoms with E-state index in [1.54, 1.807) is 7.11 Å². The molecule has 0 saturated carbocycles. The molecule has 3 aromatic carbocycles. The minimum Gasteiger partial charge on any atom is -0.493 e. The summed E-state index contributed by atoms with van der Waals surface area (Å²) >= 11 is 3.75. The number of benzene rings is 3. The van der Waals surface area contributed by atoms with Crippen LogP contribution in [0.2, 0.25) is 0 Å². The van der Waals surface area contributed by atoms with Gasteiger partial charge in [0.05, 0.1) is 18.2 Å². The van der Waals surface area contributed by atoms with Gasteiger partial charge in [0.25, 0.3) is 0 Å². The fraction of sp³-hybridized carbons (Fsp3) is 0.400. The molecule has 6 rings (SSSR count). The van der Waals surface area contributed by atoms with Crippen LogP contribution in [0.3, 0.4) is 0 Å². The number of allylic oxidation sites excluding steroid dienone is 4. The molecule has 0 amide bonds. The van der Waals surface area contributed by atoms with Gasteiger partial charge in [-0.1, -0.05) is 64.1 Å². The van der Waals surface area contributed by atoms with E-state index in [0.717, 1.165) is 40.9 Å². The highest BCUT2D eigenvalue weighted by Crippen LogP contribution is 2.52. The minimum absolute atomic E-state index is 0.0830. The van der Waals surface area contributed by atoms with Gasteiger partial charge in [0.15, 0.2) is 34.6 Å². The number of carbonyl (C=O) groups is 2. The van der Waals surface area contributed by atoms with Gasteiger partial charge in [-0.05, 0) is 87.5 Å². The van der Waals surface area contributed by atoms with E-state index in [9.17, 15) is 9.59 Å². The largest absolute Gasteiger partial charge is 0.493 e. The van der Waals surface area contributed by atoms with Gasteiger partial charge in [-0.2, -0.15) is 0 Å². The lowest BCUT2D eigenvalue weighted by atomic mass is 9.64. The first-order valence-electron chi connectivity index (χ1n) is 16.6. The molecular weight excluding hydrogens is 670 g/mol.